The highest BCUT2D eigenvalue weighted by atomic mass is 32.2. The Balaban J connectivity index is 1.77. The molecule has 2 heterocycles. The number of carbonyl (C=O) groups is 2. The fourth-order valence-electron chi connectivity index (χ4n) is 2.98. The second-order valence-corrected chi connectivity index (χ2v) is 8.46. The van der Waals surface area contributed by atoms with Gasteiger partial charge >= 0.3 is 0 Å². The van der Waals surface area contributed by atoms with Crippen molar-refractivity contribution >= 4 is 27.3 Å². The van der Waals surface area contributed by atoms with Gasteiger partial charge in [0.1, 0.15) is 0 Å². The zero-order valence-electron chi connectivity index (χ0n) is 12.3. The van der Waals surface area contributed by atoms with Crippen molar-refractivity contribution < 1.29 is 18.0 Å². The van der Waals surface area contributed by atoms with E-state index in [1.165, 1.54) is 0 Å². The van der Waals surface area contributed by atoms with Crippen LogP contribution >= 0.6 is 0 Å². The number of aryl methyl sites for hydroxylation is 1. The van der Waals surface area contributed by atoms with E-state index in [0.29, 0.717) is 24.8 Å². The van der Waals surface area contributed by atoms with E-state index in [1.807, 2.05) is 0 Å². The predicted octanol–water partition coefficient (Wildman–Crippen LogP) is 0.878. The van der Waals surface area contributed by atoms with Gasteiger partial charge in [0.2, 0.25) is 5.91 Å². The van der Waals surface area contributed by atoms with Gasteiger partial charge in [0.05, 0.1) is 17.0 Å². The summed E-state index contributed by atoms with van der Waals surface area (Å²) in [7, 11) is -3.06. The maximum absolute atomic E-state index is 12.4. The third kappa shape index (κ3) is 2.99. The molecular formula is C15H18N2O4S. The normalized spacial score (nSPS) is 26.1. The number of fused-ring (bicyclic) bond motifs is 1. The van der Waals surface area contributed by atoms with E-state index in [0.717, 1.165) is 11.3 Å². The largest absolute Gasteiger partial charge is 0.346 e. The highest BCUT2D eigenvalue weighted by Crippen LogP contribution is 2.26. The number of amides is 2. The van der Waals surface area contributed by atoms with E-state index >= 15 is 0 Å². The van der Waals surface area contributed by atoms with Gasteiger partial charge < -0.3 is 10.6 Å². The van der Waals surface area contributed by atoms with Gasteiger partial charge in [0.25, 0.3) is 5.91 Å². The highest BCUT2D eigenvalue weighted by Gasteiger charge is 2.39. The number of hydrogen-bond donors (Lipinski definition) is 2. The van der Waals surface area contributed by atoms with Gasteiger partial charge in [-0.25, -0.2) is 8.42 Å². The summed E-state index contributed by atoms with van der Waals surface area (Å²) in [6, 6.07) is 5.12. The van der Waals surface area contributed by atoms with Crippen LogP contribution < -0.4 is 10.6 Å². The lowest BCUT2D eigenvalue weighted by Gasteiger charge is -2.24. The zero-order chi connectivity index (χ0) is 16.0. The van der Waals surface area contributed by atoms with Gasteiger partial charge in [-0.15, -0.1) is 0 Å². The van der Waals surface area contributed by atoms with Crippen LogP contribution in [0.25, 0.3) is 0 Å². The van der Waals surface area contributed by atoms with Crippen LogP contribution in [0.2, 0.25) is 0 Å². The summed E-state index contributed by atoms with van der Waals surface area (Å²) in [5.74, 6) is -0.208. The molecule has 0 saturated carbocycles. The Hall–Kier alpha value is -1.89. The molecule has 1 unspecified atom stereocenters. The summed E-state index contributed by atoms with van der Waals surface area (Å²) in [5, 5.41) is 5.60. The molecule has 1 atom stereocenters. The molecule has 0 aromatic heterocycles. The molecular weight excluding hydrogens is 304 g/mol. The molecule has 1 fully saturated rings. The summed E-state index contributed by atoms with van der Waals surface area (Å²) in [6.07, 6.45) is 1.45. The average molecular weight is 322 g/mol. The lowest BCUT2D eigenvalue weighted by Crippen LogP contribution is -2.46. The maximum atomic E-state index is 12.4. The van der Waals surface area contributed by atoms with Crippen LogP contribution in [-0.2, 0) is 21.1 Å². The van der Waals surface area contributed by atoms with Crippen LogP contribution in [0.5, 0.6) is 0 Å². The summed E-state index contributed by atoms with van der Waals surface area (Å²) in [6.45, 7) is 1.76. The van der Waals surface area contributed by atoms with E-state index < -0.39 is 15.4 Å². The molecule has 0 radical (unpaired) electrons. The van der Waals surface area contributed by atoms with E-state index in [4.69, 9.17) is 0 Å². The Morgan fingerprint density at radius 1 is 1.32 bits per heavy atom. The number of nitrogens with one attached hydrogen (secondary N) is 2. The van der Waals surface area contributed by atoms with Gasteiger partial charge in [-0.1, -0.05) is 0 Å². The van der Waals surface area contributed by atoms with Crippen molar-refractivity contribution in [2.75, 3.05) is 16.8 Å². The molecule has 1 aromatic rings. The number of benzene rings is 1. The minimum atomic E-state index is -3.06. The van der Waals surface area contributed by atoms with Gasteiger partial charge in [-0.05, 0) is 43.5 Å². The van der Waals surface area contributed by atoms with Crippen LogP contribution in [0, 0.1) is 0 Å². The third-order valence-corrected chi connectivity index (χ3v) is 6.08. The Morgan fingerprint density at radius 2 is 2.09 bits per heavy atom. The van der Waals surface area contributed by atoms with E-state index in [-0.39, 0.29) is 23.3 Å². The molecule has 0 spiro atoms. The van der Waals surface area contributed by atoms with Crippen molar-refractivity contribution in [2.24, 2.45) is 0 Å². The Bertz CT molecular complexity index is 757. The second kappa shape index (κ2) is 5.08. The fraction of sp³-hybridized carbons (Fsp3) is 0.467. The maximum Gasteiger partial charge on any atom is 0.251 e. The topological polar surface area (TPSA) is 92.3 Å². The van der Waals surface area contributed by atoms with Crippen molar-refractivity contribution in [3.05, 3.63) is 29.3 Å². The van der Waals surface area contributed by atoms with Crippen molar-refractivity contribution in [1.82, 2.24) is 5.32 Å². The van der Waals surface area contributed by atoms with Crippen LogP contribution in [0.3, 0.4) is 0 Å². The minimum absolute atomic E-state index is 0.0200. The number of hydrogen-bond acceptors (Lipinski definition) is 4. The summed E-state index contributed by atoms with van der Waals surface area (Å²) in [4.78, 5) is 23.7. The summed E-state index contributed by atoms with van der Waals surface area (Å²) < 4.78 is 23.2. The molecule has 0 bridgehead atoms. The fourth-order valence-corrected chi connectivity index (χ4v) is 5.07. The lowest BCUT2D eigenvalue weighted by atomic mass is 9.98. The number of sulfone groups is 1. The molecule has 2 aliphatic rings. The second-order valence-electron chi connectivity index (χ2n) is 6.28. The molecule has 3 rings (SSSR count). The van der Waals surface area contributed by atoms with Crippen LogP contribution in [-0.4, -0.2) is 37.3 Å². The smallest absolute Gasteiger partial charge is 0.251 e. The van der Waals surface area contributed by atoms with E-state index in [9.17, 15) is 18.0 Å². The zero-order valence-corrected chi connectivity index (χ0v) is 13.1. The first-order chi connectivity index (χ1) is 10.3. The van der Waals surface area contributed by atoms with Crippen molar-refractivity contribution in [3.8, 4) is 0 Å². The number of anilines is 1. The molecule has 118 valence electrons. The Labute approximate surface area is 129 Å². The molecule has 22 heavy (non-hydrogen) atoms. The molecule has 2 N–H and O–H groups in total. The molecule has 2 amide bonds. The molecule has 7 heteroatoms. The van der Waals surface area contributed by atoms with Crippen molar-refractivity contribution in [1.29, 1.82) is 0 Å². The minimum Gasteiger partial charge on any atom is -0.346 e. The molecule has 0 aliphatic carbocycles. The molecule has 6 nitrogen and oxygen atoms in total. The number of rotatable bonds is 2. The molecule has 1 saturated heterocycles. The first-order valence-corrected chi connectivity index (χ1v) is 9.04. The first kappa shape index (κ1) is 15.0. The van der Waals surface area contributed by atoms with Gasteiger partial charge in [0, 0.05) is 17.7 Å². The van der Waals surface area contributed by atoms with Crippen molar-refractivity contribution in [2.45, 2.75) is 31.7 Å². The third-order valence-electron chi connectivity index (χ3n) is 4.18. The van der Waals surface area contributed by atoms with Gasteiger partial charge in [0.15, 0.2) is 9.84 Å². The Kier molecular flexibility index (Phi) is 3.47. The predicted molar refractivity (Wildman–Crippen MR) is 82.5 cm³/mol. The SMILES string of the molecule is CC1(NC(=O)c2ccc3c(c2)CCC(=O)N3)CCS(=O)(=O)C1. The monoisotopic (exact) mass is 322 g/mol. The van der Waals surface area contributed by atoms with Crippen molar-refractivity contribution in [3.63, 3.8) is 0 Å². The Morgan fingerprint density at radius 3 is 2.77 bits per heavy atom. The van der Waals surface area contributed by atoms with Crippen LogP contribution in [0.1, 0.15) is 35.7 Å². The lowest BCUT2D eigenvalue weighted by molar-refractivity contribution is -0.116. The van der Waals surface area contributed by atoms with Crippen LogP contribution in [0.4, 0.5) is 5.69 Å². The van der Waals surface area contributed by atoms with E-state index in [2.05, 4.69) is 10.6 Å². The number of carbonyl (C=O) groups excluding carboxylic acids is 2. The summed E-state index contributed by atoms with van der Waals surface area (Å²) in [5.41, 5.74) is 1.44. The molecule has 2 aliphatic heterocycles. The molecule has 1 aromatic carbocycles. The quantitative estimate of drug-likeness (QED) is 0.845. The standard InChI is InChI=1S/C15H18N2O4S/c1-15(6-7-22(20,21)9-15)17-14(19)11-2-4-12-10(8-11)3-5-13(18)16-12/h2,4,8H,3,5-7,9H2,1H3,(H,16,18)(H,17,19). The van der Waals surface area contributed by atoms with Crippen LogP contribution in [0.15, 0.2) is 18.2 Å². The highest BCUT2D eigenvalue weighted by molar-refractivity contribution is 7.91. The first-order valence-electron chi connectivity index (χ1n) is 7.22. The summed E-state index contributed by atoms with van der Waals surface area (Å²) >= 11 is 0. The average Bonchev–Trinajstić information content (AvgIpc) is 2.71. The van der Waals surface area contributed by atoms with Gasteiger partial charge in [-0.2, -0.15) is 0 Å². The van der Waals surface area contributed by atoms with Gasteiger partial charge in [-0.3, -0.25) is 9.59 Å². The van der Waals surface area contributed by atoms with E-state index in [1.54, 1.807) is 25.1 Å².